The molecule has 0 saturated carbocycles. The molecule has 0 spiro atoms. The molecule has 1 aromatic heterocycles. The summed E-state index contributed by atoms with van der Waals surface area (Å²) in [5.74, 6) is 1.01. The van der Waals surface area contributed by atoms with Crippen molar-refractivity contribution in [1.29, 1.82) is 0 Å². The van der Waals surface area contributed by atoms with Crippen LogP contribution in [0.2, 0.25) is 0 Å². The Morgan fingerprint density at radius 2 is 2.19 bits per heavy atom. The normalized spacial score (nSPS) is 11.4. The zero-order valence-corrected chi connectivity index (χ0v) is 10.6. The molecule has 0 saturated heterocycles. The molecule has 8 heteroatoms. The van der Waals surface area contributed by atoms with Gasteiger partial charge in [-0.2, -0.15) is 4.98 Å². The third kappa shape index (κ3) is 4.67. The molecule has 0 amide bonds. The van der Waals surface area contributed by atoms with Gasteiger partial charge in [0.05, 0.1) is 12.9 Å². The molecule has 1 rings (SSSR count). The Balaban J connectivity index is 2.63. The fraction of sp³-hybridized carbons (Fsp3) is 0.500. The predicted molar refractivity (Wildman–Crippen MR) is 63.4 cm³/mol. The smallest absolute Gasteiger partial charge is 0.224 e. The molecule has 0 atom stereocenters. The Labute approximate surface area is 98.5 Å². The number of nitrogen functional groups attached to an aromatic ring is 1. The highest BCUT2D eigenvalue weighted by molar-refractivity contribution is 8.00. The van der Waals surface area contributed by atoms with Gasteiger partial charge in [0.25, 0.3) is 0 Å². The quantitative estimate of drug-likeness (QED) is 0.599. The number of nitrogens with two attached hydrogens (primary N) is 1. The van der Waals surface area contributed by atoms with Gasteiger partial charge in [-0.15, -0.1) is 11.8 Å². The number of rotatable bonds is 5. The summed E-state index contributed by atoms with van der Waals surface area (Å²) in [5, 5.41) is 0.605. The second-order valence-electron chi connectivity index (χ2n) is 3.09. The topological polar surface area (TPSA) is 95.2 Å². The summed E-state index contributed by atoms with van der Waals surface area (Å²) in [7, 11) is -1.47. The van der Waals surface area contributed by atoms with Gasteiger partial charge in [-0.1, -0.05) is 0 Å². The number of methoxy groups -OCH3 is 1. The van der Waals surface area contributed by atoms with Crippen molar-refractivity contribution in [2.24, 2.45) is 0 Å². The van der Waals surface area contributed by atoms with Gasteiger partial charge in [0.15, 0.2) is 0 Å². The van der Waals surface area contributed by atoms with E-state index in [9.17, 15) is 8.42 Å². The van der Waals surface area contributed by atoms with Crippen molar-refractivity contribution in [2.45, 2.75) is 5.03 Å². The minimum absolute atomic E-state index is 0.101. The summed E-state index contributed by atoms with van der Waals surface area (Å²) < 4.78 is 26.8. The van der Waals surface area contributed by atoms with Crippen molar-refractivity contribution in [3.63, 3.8) is 0 Å². The Kier molecular flexibility index (Phi) is 4.36. The van der Waals surface area contributed by atoms with Gasteiger partial charge >= 0.3 is 0 Å². The van der Waals surface area contributed by atoms with E-state index >= 15 is 0 Å². The van der Waals surface area contributed by atoms with Crippen LogP contribution < -0.4 is 10.5 Å². The van der Waals surface area contributed by atoms with Gasteiger partial charge in [-0.05, 0) is 0 Å². The SMILES string of the molecule is COc1cc(SCCS(C)(=O)=O)nc(N)n1. The van der Waals surface area contributed by atoms with Gasteiger partial charge in [0, 0.05) is 18.1 Å². The monoisotopic (exact) mass is 263 g/mol. The van der Waals surface area contributed by atoms with Crippen LogP contribution in [0.1, 0.15) is 0 Å². The van der Waals surface area contributed by atoms with Crippen molar-refractivity contribution >= 4 is 27.5 Å². The van der Waals surface area contributed by atoms with Crippen molar-refractivity contribution in [3.8, 4) is 5.88 Å². The number of hydrogen-bond donors (Lipinski definition) is 1. The fourth-order valence-electron chi connectivity index (χ4n) is 0.897. The Hall–Kier alpha value is -1.02. The number of aromatic nitrogens is 2. The molecule has 0 aromatic carbocycles. The Morgan fingerprint density at radius 1 is 1.50 bits per heavy atom. The van der Waals surface area contributed by atoms with E-state index < -0.39 is 9.84 Å². The standard InChI is InChI=1S/C8H13N3O3S2/c1-14-6-5-7(11-8(9)10-6)15-3-4-16(2,12)13/h5H,3-4H2,1-2H3,(H2,9,10,11). The van der Waals surface area contributed by atoms with Crippen LogP contribution in [-0.4, -0.2) is 43.3 Å². The highest BCUT2D eigenvalue weighted by Crippen LogP contribution is 2.20. The predicted octanol–water partition coefficient (Wildman–Crippen LogP) is 0.204. The molecule has 0 aliphatic rings. The van der Waals surface area contributed by atoms with Gasteiger partial charge in [0.2, 0.25) is 11.8 Å². The number of hydrogen-bond acceptors (Lipinski definition) is 7. The molecule has 90 valence electrons. The van der Waals surface area contributed by atoms with Gasteiger partial charge in [0.1, 0.15) is 14.9 Å². The zero-order valence-electron chi connectivity index (χ0n) is 9.00. The lowest BCUT2D eigenvalue weighted by Crippen LogP contribution is -2.05. The zero-order chi connectivity index (χ0) is 12.2. The lowest BCUT2D eigenvalue weighted by molar-refractivity contribution is 0.396. The maximum absolute atomic E-state index is 10.9. The van der Waals surface area contributed by atoms with Crippen LogP contribution in [0, 0.1) is 0 Å². The molecule has 0 bridgehead atoms. The van der Waals surface area contributed by atoms with E-state index in [2.05, 4.69) is 9.97 Å². The van der Waals surface area contributed by atoms with Crippen LogP contribution in [0.3, 0.4) is 0 Å². The molecule has 1 heterocycles. The number of anilines is 1. The summed E-state index contributed by atoms with van der Waals surface area (Å²) in [6.07, 6.45) is 1.20. The van der Waals surface area contributed by atoms with E-state index in [1.54, 1.807) is 6.07 Å². The average molecular weight is 263 g/mol. The third-order valence-electron chi connectivity index (χ3n) is 1.61. The largest absolute Gasteiger partial charge is 0.481 e. The number of sulfone groups is 1. The van der Waals surface area contributed by atoms with E-state index in [1.165, 1.54) is 25.1 Å². The molecular formula is C8H13N3O3S2. The Bertz CT molecular complexity index is 462. The first-order valence-corrected chi connectivity index (χ1v) is 7.44. The first-order valence-electron chi connectivity index (χ1n) is 4.40. The highest BCUT2D eigenvalue weighted by atomic mass is 32.2. The molecular weight excluding hydrogens is 250 g/mol. The third-order valence-corrected chi connectivity index (χ3v) is 3.73. The van der Waals surface area contributed by atoms with Crippen molar-refractivity contribution in [1.82, 2.24) is 9.97 Å². The lowest BCUT2D eigenvalue weighted by Gasteiger charge is -2.03. The van der Waals surface area contributed by atoms with Crippen LogP contribution in [0.15, 0.2) is 11.1 Å². The first-order chi connectivity index (χ1) is 7.40. The van der Waals surface area contributed by atoms with Crippen molar-refractivity contribution in [2.75, 3.05) is 30.6 Å². The molecule has 0 unspecified atom stereocenters. The maximum atomic E-state index is 10.9. The minimum atomic E-state index is -2.95. The summed E-state index contributed by atoms with van der Waals surface area (Å²) >= 11 is 1.30. The van der Waals surface area contributed by atoms with Crippen molar-refractivity contribution < 1.29 is 13.2 Å². The summed E-state index contributed by atoms with van der Waals surface area (Å²) in [5.41, 5.74) is 5.46. The van der Waals surface area contributed by atoms with E-state index in [4.69, 9.17) is 10.5 Å². The van der Waals surface area contributed by atoms with Crippen LogP contribution >= 0.6 is 11.8 Å². The van der Waals surface area contributed by atoms with E-state index in [0.29, 0.717) is 16.7 Å². The maximum Gasteiger partial charge on any atom is 0.224 e. The second kappa shape index (κ2) is 5.35. The van der Waals surface area contributed by atoms with Crippen LogP contribution in [0.4, 0.5) is 5.95 Å². The second-order valence-corrected chi connectivity index (χ2v) is 6.46. The van der Waals surface area contributed by atoms with Crippen molar-refractivity contribution in [3.05, 3.63) is 6.07 Å². The molecule has 1 aromatic rings. The molecule has 0 aliphatic heterocycles. The minimum Gasteiger partial charge on any atom is -0.481 e. The summed E-state index contributed by atoms with van der Waals surface area (Å²) in [6, 6.07) is 1.61. The number of ether oxygens (including phenoxy) is 1. The Morgan fingerprint density at radius 3 is 2.75 bits per heavy atom. The van der Waals surface area contributed by atoms with Crippen LogP contribution in [0.5, 0.6) is 5.88 Å². The average Bonchev–Trinajstić information content (AvgIpc) is 2.14. The number of thioether (sulfide) groups is 1. The van der Waals surface area contributed by atoms with Crippen LogP contribution in [-0.2, 0) is 9.84 Å². The van der Waals surface area contributed by atoms with E-state index in [-0.39, 0.29) is 11.7 Å². The first kappa shape index (κ1) is 13.0. The molecule has 2 N–H and O–H groups in total. The van der Waals surface area contributed by atoms with Crippen LogP contribution in [0.25, 0.3) is 0 Å². The molecule has 0 aliphatic carbocycles. The molecule has 0 fully saturated rings. The molecule has 6 nitrogen and oxygen atoms in total. The van der Waals surface area contributed by atoms with Gasteiger partial charge < -0.3 is 10.5 Å². The van der Waals surface area contributed by atoms with E-state index in [0.717, 1.165) is 0 Å². The summed E-state index contributed by atoms with van der Waals surface area (Å²) in [6.45, 7) is 0. The van der Waals surface area contributed by atoms with Gasteiger partial charge in [-0.3, -0.25) is 0 Å². The fourth-order valence-corrected chi connectivity index (χ4v) is 2.99. The van der Waals surface area contributed by atoms with E-state index in [1.807, 2.05) is 0 Å². The number of nitrogens with zero attached hydrogens (tertiary/aromatic N) is 2. The highest BCUT2D eigenvalue weighted by Gasteiger charge is 2.06. The molecule has 0 radical (unpaired) electrons. The van der Waals surface area contributed by atoms with Gasteiger partial charge in [-0.25, -0.2) is 13.4 Å². The molecule has 16 heavy (non-hydrogen) atoms. The summed E-state index contributed by atoms with van der Waals surface area (Å²) in [4.78, 5) is 7.78. The lowest BCUT2D eigenvalue weighted by atomic mass is 10.6.